The van der Waals surface area contributed by atoms with Crippen molar-refractivity contribution in [3.8, 4) is 0 Å². The third-order valence-corrected chi connectivity index (χ3v) is 6.86. The number of aliphatic hydroxyl groups is 1. The Morgan fingerprint density at radius 1 is 0.950 bits per heavy atom. The SMILES string of the molecule is CC(=O)O[C@@H](C)C(=O)NCc1ccc([C@@H]2O[C@H](CN(C)Cc3ccccc3)C[C@H](c3ccc(CO)cc3)O2)cc1. The molecule has 1 saturated heterocycles. The molecule has 3 aromatic rings. The van der Waals surface area contributed by atoms with E-state index in [4.69, 9.17) is 14.2 Å². The number of aliphatic hydroxyl groups excluding tert-OH is 1. The van der Waals surface area contributed by atoms with Gasteiger partial charge in [-0.2, -0.15) is 0 Å². The first-order valence-electron chi connectivity index (χ1n) is 13.6. The summed E-state index contributed by atoms with van der Waals surface area (Å²) in [6, 6.07) is 26.0. The fourth-order valence-corrected chi connectivity index (χ4v) is 4.77. The third kappa shape index (κ3) is 8.47. The van der Waals surface area contributed by atoms with E-state index in [9.17, 15) is 14.7 Å². The quantitative estimate of drug-likeness (QED) is 0.344. The molecule has 1 amide bonds. The summed E-state index contributed by atoms with van der Waals surface area (Å²) in [4.78, 5) is 25.5. The largest absolute Gasteiger partial charge is 0.453 e. The molecule has 1 heterocycles. The minimum absolute atomic E-state index is 0.0000862. The van der Waals surface area contributed by atoms with E-state index < -0.39 is 18.4 Å². The summed E-state index contributed by atoms with van der Waals surface area (Å²) in [6.07, 6.45) is -0.918. The topological polar surface area (TPSA) is 97.3 Å². The van der Waals surface area contributed by atoms with Gasteiger partial charge in [-0.25, -0.2) is 0 Å². The van der Waals surface area contributed by atoms with E-state index in [1.807, 2.05) is 66.7 Å². The molecule has 2 N–H and O–H groups in total. The average Bonchev–Trinajstić information content (AvgIpc) is 2.96. The smallest absolute Gasteiger partial charge is 0.303 e. The van der Waals surface area contributed by atoms with Crippen LogP contribution in [0.1, 0.15) is 60.5 Å². The van der Waals surface area contributed by atoms with Crippen LogP contribution in [0.3, 0.4) is 0 Å². The highest BCUT2D eigenvalue weighted by Crippen LogP contribution is 2.38. The van der Waals surface area contributed by atoms with E-state index in [1.165, 1.54) is 12.5 Å². The average molecular weight is 547 g/mol. The molecular weight excluding hydrogens is 508 g/mol. The van der Waals surface area contributed by atoms with Gasteiger partial charge in [-0.1, -0.05) is 78.9 Å². The van der Waals surface area contributed by atoms with Crippen molar-refractivity contribution in [1.82, 2.24) is 10.2 Å². The number of benzene rings is 3. The van der Waals surface area contributed by atoms with Crippen LogP contribution in [0.2, 0.25) is 0 Å². The van der Waals surface area contributed by atoms with Crippen molar-refractivity contribution in [1.29, 1.82) is 0 Å². The molecule has 0 aromatic heterocycles. The first-order chi connectivity index (χ1) is 19.3. The lowest BCUT2D eigenvalue weighted by Crippen LogP contribution is -2.37. The van der Waals surface area contributed by atoms with Gasteiger partial charge in [-0.15, -0.1) is 0 Å². The molecule has 1 aliphatic rings. The molecule has 1 aliphatic heterocycles. The van der Waals surface area contributed by atoms with Crippen LogP contribution >= 0.6 is 0 Å². The first kappa shape index (κ1) is 29.4. The number of hydrogen-bond acceptors (Lipinski definition) is 7. The fraction of sp³-hybridized carbons (Fsp3) is 0.375. The molecule has 1 fully saturated rings. The van der Waals surface area contributed by atoms with Crippen LogP contribution in [-0.4, -0.2) is 47.7 Å². The highest BCUT2D eigenvalue weighted by molar-refractivity contribution is 5.82. The van der Waals surface area contributed by atoms with Crippen LogP contribution in [0, 0.1) is 0 Å². The summed E-state index contributed by atoms with van der Waals surface area (Å²) in [7, 11) is 2.09. The van der Waals surface area contributed by atoms with E-state index in [0.717, 1.165) is 35.3 Å². The minimum Gasteiger partial charge on any atom is -0.453 e. The van der Waals surface area contributed by atoms with Crippen LogP contribution in [-0.2, 0) is 43.5 Å². The maximum absolute atomic E-state index is 12.2. The Morgan fingerprint density at radius 3 is 2.25 bits per heavy atom. The maximum atomic E-state index is 12.2. The van der Waals surface area contributed by atoms with Crippen LogP contribution < -0.4 is 5.32 Å². The van der Waals surface area contributed by atoms with Crippen LogP contribution in [0.5, 0.6) is 0 Å². The molecule has 0 spiro atoms. The van der Waals surface area contributed by atoms with Gasteiger partial charge in [0.15, 0.2) is 12.4 Å². The molecule has 0 bridgehead atoms. The number of carbonyl (C=O) groups is 2. The highest BCUT2D eigenvalue weighted by atomic mass is 16.7. The predicted molar refractivity (Wildman–Crippen MR) is 151 cm³/mol. The van der Waals surface area contributed by atoms with Crippen molar-refractivity contribution < 1.29 is 28.9 Å². The first-order valence-corrected chi connectivity index (χ1v) is 13.6. The zero-order chi connectivity index (χ0) is 28.5. The van der Waals surface area contributed by atoms with E-state index in [1.54, 1.807) is 6.92 Å². The molecule has 0 unspecified atom stereocenters. The summed E-state index contributed by atoms with van der Waals surface area (Å²) in [6.45, 7) is 4.69. The number of carbonyl (C=O) groups excluding carboxylic acids is 2. The molecule has 0 aliphatic carbocycles. The van der Waals surface area contributed by atoms with Crippen LogP contribution in [0.4, 0.5) is 0 Å². The van der Waals surface area contributed by atoms with Crippen LogP contribution in [0.15, 0.2) is 78.9 Å². The summed E-state index contributed by atoms with van der Waals surface area (Å²) >= 11 is 0. The highest BCUT2D eigenvalue weighted by Gasteiger charge is 2.32. The van der Waals surface area contributed by atoms with Crippen molar-refractivity contribution in [2.45, 2.75) is 64.6 Å². The number of amides is 1. The van der Waals surface area contributed by atoms with Gasteiger partial charge in [0.25, 0.3) is 5.91 Å². The molecule has 4 rings (SSSR count). The zero-order valence-corrected chi connectivity index (χ0v) is 23.3. The third-order valence-electron chi connectivity index (χ3n) is 6.86. The van der Waals surface area contributed by atoms with Crippen molar-refractivity contribution in [2.24, 2.45) is 0 Å². The van der Waals surface area contributed by atoms with Gasteiger partial charge in [0.05, 0.1) is 18.8 Å². The van der Waals surface area contributed by atoms with E-state index >= 15 is 0 Å². The molecular formula is C32H38N2O6. The minimum atomic E-state index is -0.846. The molecule has 3 aromatic carbocycles. The Hall–Kier alpha value is -3.56. The van der Waals surface area contributed by atoms with Gasteiger partial charge in [0, 0.05) is 38.5 Å². The summed E-state index contributed by atoms with van der Waals surface area (Å²) in [5.74, 6) is -0.845. The van der Waals surface area contributed by atoms with E-state index in [2.05, 4.69) is 29.4 Å². The Balaban J connectivity index is 1.44. The van der Waals surface area contributed by atoms with Gasteiger partial charge in [0.2, 0.25) is 0 Å². The number of esters is 1. The van der Waals surface area contributed by atoms with Crippen molar-refractivity contribution >= 4 is 11.9 Å². The monoisotopic (exact) mass is 546 g/mol. The second-order valence-corrected chi connectivity index (χ2v) is 10.2. The predicted octanol–water partition coefficient (Wildman–Crippen LogP) is 4.42. The van der Waals surface area contributed by atoms with Gasteiger partial charge in [0.1, 0.15) is 0 Å². The second-order valence-electron chi connectivity index (χ2n) is 10.2. The molecule has 8 heteroatoms. The normalized spacial score (nSPS) is 19.7. The summed E-state index contributed by atoms with van der Waals surface area (Å²) in [5, 5.41) is 12.2. The standard InChI is InChI=1S/C32H38N2O6/c1-22(38-23(2)36)31(37)33-18-24-9-15-28(16-10-24)32-39-29(20-34(3)19-25-7-5-4-6-8-25)17-30(40-32)27-13-11-26(21-35)12-14-27/h4-16,22,29-30,32,35H,17-21H2,1-3H3,(H,33,37)/t22-,29-,30+,32+/m0/s1. The number of ether oxygens (including phenoxy) is 3. The molecule has 0 radical (unpaired) electrons. The fourth-order valence-electron chi connectivity index (χ4n) is 4.77. The Kier molecular flexibility index (Phi) is 10.4. The lowest BCUT2D eigenvalue weighted by molar-refractivity contribution is -0.252. The van der Waals surface area contributed by atoms with Crippen molar-refractivity contribution in [2.75, 3.05) is 13.6 Å². The van der Waals surface area contributed by atoms with Gasteiger partial charge >= 0.3 is 5.97 Å². The van der Waals surface area contributed by atoms with Gasteiger partial charge < -0.3 is 24.6 Å². The maximum Gasteiger partial charge on any atom is 0.303 e. The Bertz CT molecular complexity index is 1230. The lowest BCUT2D eigenvalue weighted by Gasteiger charge is -2.38. The van der Waals surface area contributed by atoms with Gasteiger partial charge in [-0.3, -0.25) is 14.5 Å². The van der Waals surface area contributed by atoms with Crippen molar-refractivity contribution in [3.05, 3.63) is 107 Å². The Labute approximate surface area is 235 Å². The number of nitrogens with one attached hydrogen (secondary N) is 1. The van der Waals surface area contributed by atoms with Crippen molar-refractivity contribution in [3.63, 3.8) is 0 Å². The molecule has 0 saturated carbocycles. The Morgan fingerprint density at radius 2 is 1.60 bits per heavy atom. The number of likely N-dealkylation sites (N-methyl/N-ethyl adjacent to an activating group) is 1. The zero-order valence-electron chi connectivity index (χ0n) is 23.3. The molecule has 4 atom stereocenters. The summed E-state index contributed by atoms with van der Waals surface area (Å²) in [5.41, 5.74) is 4.93. The molecule has 40 heavy (non-hydrogen) atoms. The molecule has 212 valence electrons. The number of hydrogen-bond donors (Lipinski definition) is 2. The number of nitrogens with zero attached hydrogens (tertiary/aromatic N) is 1. The second kappa shape index (κ2) is 14.2. The summed E-state index contributed by atoms with van der Waals surface area (Å²) < 4.78 is 17.8. The van der Waals surface area contributed by atoms with E-state index in [-0.39, 0.29) is 24.7 Å². The number of rotatable bonds is 11. The van der Waals surface area contributed by atoms with E-state index in [0.29, 0.717) is 13.0 Å². The lowest BCUT2D eigenvalue weighted by atomic mass is 9.99. The molecule has 8 nitrogen and oxygen atoms in total. The van der Waals surface area contributed by atoms with Gasteiger partial charge in [-0.05, 0) is 36.2 Å². The van der Waals surface area contributed by atoms with Crippen LogP contribution in [0.25, 0.3) is 0 Å².